The summed E-state index contributed by atoms with van der Waals surface area (Å²) in [5.41, 5.74) is 4.18. The molecule has 1 fully saturated rings. The summed E-state index contributed by atoms with van der Waals surface area (Å²) < 4.78 is 12.3. The number of rotatable bonds is 9. The van der Waals surface area contributed by atoms with E-state index in [1.54, 1.807) is 19.3 Å². The highest BCUT2D eigenvalue weighted by atomic mass is 79.9. The van der Waals surface area contributed by atoms with Crippen LogP contribution in [-0.4, -0.2) is 29.7 Å². The first kappa shape index (κ1) is 25.1. The first-order chi connectivity index (χ1) is 16.9. The molecule has 0 spiro atoms. The average molecular weight is 552 g/mol. The van der Waals surface area contributed by atoms with Crippen molar-refractivity contribution in [3.05, 3.63) is 98.4 Å². The Kier molecular flexibility index (Phi) is 8.31. The van der Waals surface area contributed by atoms with Crippen molar-refractivity contribution in [1.29, 1.82) is 0 Å². The van der Waals surface area contributed by atoms with Gasteiger partial charge in [0, 0.05) is 6.54 Å². The summed E-state index contributed by atoms with van der Waals surface area (Å²) in [6.07, 6.45) is 3.26. The van der Waals surface area contributed by atoms with E-state index in [9.17, 15) is 9.59 Å². The van der Waals surface area contributed by atoms with Crippen LogP contribution in [0.5, 0.6) is 11.5 Å². The molecule has 3 aromatic carbocycles. The highest BCUT2D eigenvalue weighted by Crippen LogP contribution is 2.39. The van der Waals surface area contributed by atoms with E-state index >= 15 is 0 Å². The van der Waals surface area contributed by atoms with E-state index in [2.05, 4.69) is 15.9 Å². The Labute approximate surface area is 218 Å². The molecule has 5 nitrogen and oxygen atoms in total. The molecule has 1 aliphatic heterocycles. The number of methoxy groups -OCH3 is 1. The van der Waals surface area contributed by atoms with Crippen molar-refractivity contribution in [2.75, 3.05) is 13.7 Å². The van der Waals surface area contributed by atoms with Crippen LogP contribution in [0.3, 0.4) is 0 Å². The normalized spacial score (nSPS) is 14.6. The van der Waals surface area contributed by atoms with Gasteiger partial charge in [0.1, 0.15) is 6.61 Å². The lowest BCUT2D eigenvalue weighted by Crippen LogP contribution is -2.29. The third-order valence-corrected chi connectivity index (χ3v) is 7.11. The Hall–Kier alpha value is -3.03. The van der Waals surface area contributed by atoms with E-state index < -0.39 is 0 Å². The number of hydrogen-bond donors (Lipinski definition) is 0. The lowest BCUT2D eigenvalue weighted by Gasteiger charge is -2.14. The number of nitrogens with zero attached hydrogens (tertiary/aromatic N) is 1. The summed E-state index contributed by atoms with van der Waals surface area (Å²) in [4.78, 5) is 27.1. The zero-order valence-electron chi connectivity index (χ0n) is 19.6. The second kappa shape index (κ2) is 11.6. The minimum absolute atomic E-state index is 0.238. The first-order valence-corrected chi connectivity index (χ1v) is 12.9. The molecule has 4 rings (SSSR count). The molecule has 35 heavy (non-hydrogen) atoms. The fraction of sp³-hybridized carbons (Fsp3) is 0.214. The van der Waals surface area contributed by atoms with Crippen LogP contribution in [0.1, 0.15) is 28.7 Å². The van der Waals surface area contributed by atoms with Crippen molar-refractivity contribution >= 4 is 44.9 Å². The molecule has 0 unspecified atom stereocenters. The van der Waals surface area contributed by atoms with Crippen LogP contribution in [0.15, 0.2) is 76.1 Å². The van der Waals surface area contributed by atoms with E-state index in [1.807, 2.05) is 67.6 Å². The fourth-order valence-corrected chi connectivity index (χ4v) is 5.17. The molecule has 180 valence electrons. The van der Waals surface area contributed by atoms with Crippen LogP contribution < -0.4 is 9.47 Å². The van der Waals surface area contributed by atoms with Crippen LogP contribution in [0, 0.1) is 6.92 Å². The second-order valence-corrected chi connectivity index (χ2v) is 10.1. The molecule has 0 saturated carbocycles. The number of ether oxygens (including phenoxy) is 2. The van der Waals surface area contributed by atoms with Crippen LogP contribution in [-0.2, 0) is 17.8 Å². The maximum atomic E-state index is 12.9. The number of carbonyl (C=O) groups is 2. The zero-order chi connectivity index (χ0) is 24.8. The molecule has 1 heterocycles. The number of aryl methyl sites for hydroxylation is 2. The molecule has 0 aliphatic carbocycles. The molecule has 0 N–H and O–H groups in total. The largest absolute Gasteiger partial charge is 0.493 e. The minimum Gasteiger partial charge on any atom is -0.493 e. The Bertz CT molecular complexity index is 1240. The average Bonchev–Trinajstić information content (AvgIpc) is 3.12. The number of carbonyl (C=O) groups excluding carboxylic acids is 2. The van der Waals surface area contributed by atoms with Crippen molar-refractivity contribution < 1.29 is 19.1 Å². The van der Waals surface area contributed by atoms with E-state index in [0.29, 0.717) is 34.0 Å². The topological polar surface area (TPSA) is 55.8 Å². The highest BCUT2D eigenvalue weighted by molar-refractivity contribution is 9.10. The van der Waals surface area contributed by atoms with Crippen molar-refractivity contribution in [2.24, 2.45) is 0 Å². The molecule has 7 heteroatoms. The maximum Gasteiger partial charge on any atom is 0.293 e. The Balaban J connectivity index is 1.44. The predicted molar refractivity (Wildman–Crippen MR) is 144 cm³/mol. The number of imide groups is 1. The van der Waals surface area contributed by atoms with Gasteiger partial charge >= 0.3 is 0 Å². The van der Waals surface area contributed by atoms with Gasteiger partial charge < -0.3 is 9.47 Å². The summed E-state index contributed by atoms with van der Waals surface area (Å²) in [6, 6.07) is 21.9. The van der Waals surface area contributed by atoms with Gasteiger partial charge in [-0.25, -0.2) is 0 Å². The van der Waals surface area contributed by atoms with Gasteiger partial charge in [-0.1, -0.05) is 60.2 Å². The van der Waals surface area contributed by atoms with Gasteiger partial charge in [0.05, 0.1) is 16.5 Å². The predicted octanol–water partition coefficient (Wildman–Crippen LogP) is 7.01. The summed E-state index contributed by atoms with van der Waals surface area (Å²) in [5, 5.41) is -0.238. The zero-order valence-corrected chi connectivity index (χ0v) is 22.0. The third kappa shape index (κ3) is 6.35. The fourth-order valence-electron chi connectivity index (χ4n) is 3.73. The van der Waals surface area contributed by atoms with Gasteiger partial charge in [-0.2, -0.15) is 0 Å². The van der Waals surface area contributed by atoms with Gasteiger partial charge in [-0.05, 0) is 82.4 Å². The lowest BCUT2D eigenvalue weighted by atomic mass is 10.1. The van der Waals surface area contributed by atoms with E-state index in [4.69, 9.17) is 9.47 Å². The number of amides is 2. The number of hydrogen-bond acceptors (Lipinski definition) is 5. The Morgan fingerprint density at radius 1 is 1.00 bits per heavy atom. The summed E-state index contributed by atoms with van der Waals surface area (Å²) in [7, 11) is 1.57. The first-order valence-electron chi connectivity index (χ1n) is 11.3. The van der Waals surface area contributed by atoms with Gasteiger partial charge in [-0.15, -0.1) is 0 Å². The molecule has 3 aromatic rings. The van der Waals surface area contributed by atoms with E-state index in [1.165, 1.54) is 16.0 Å². The molecule has 0 bridgehead atoms. The van der Waals surface area contributed by atoms with E-state index in [-0.39, 0.29) is 11.1 Å². The van der Waals surface area contributed by atoms with Crippen LogP contribution in [0.25, 0.3) is 6.08 Å². The Morgan fingerprint density at radius 3 is 2.46 bits per heavy atom. The van der Waals surface area contributed by atoms with Crippen LogP contribution in [0.2, 0.25) is 0 Å². The molecule has 2 amide bonds. The SMILES string of the molecule is COc1cc(/C=C2/SC(=O)N(CCCc3ccccc3)C2=O)cc(Br)c1OCc1ccc(C)cc1. The summed E-state index contributed by atoms with van der Waals surface area (Å²) >= 11 is 4.53. The van der Waals surface area contributed by atoms with Crippen molar-refractivity contribution in [3.63, 3.8) is 0 Å². The molecule has 0 atom stereocenters. The van der Waals surface area contributed by atoms with E-state index in [0.717, 1.165) is 35.7 Å². The molecule has 0 radical (unpaired) electrons. The minimum atomic E-state index is -0.261. The molecule has 1 saturated heterocycles. The Morgan fingerprint density at radius 2 is 1.74 bits per heavy atom. The van der Waals surface area contributed by atoms with Gasteiger partial charge in [0.25, 0.3) is 11.1 Å². The van der Waals surface area contributed by atoms with Gasteiger partial charge in [-0.3, -0.25) is 14.5 Å². The molecular formula is C28H26BrNO4S. The monoisotopic (exact) mass is 551 g/mol. The quantitative estimate of drug-likeness (QED) is 0.267. The van der Waals surface area contributed by atoms with Crippen LogP contribution in [0.4, 0.5) is 4.79 Å². The maximum absolute atomic E-state index is 12.9. The molecule has 0 aromatic heterocycles. The number of benzene rings is 3. The standard InChI is InChI=1S/C28H26BrNO4S/c1-19-10-12-21(13-11-19)18-34-26-23(29)15-22(16-24(26)33-2)17-25-27(31)30(28(32)35-25)14-6-9-20-7-4-3-5-8-20/h3-5,7-8,10-13,15-17H,6,9,14,18H2,1-2H3/b25-17+. The van der Waals surface area contributed by atoms with Gasteiger partial charge in [0.2, 0.25) is 0 Å². The van der Waals surface area contributed by atoms with Crippen LogP contribution >= 0.6 is 27.7 Å². The molecule has 1 aliphatic rings. The van der Waals surface area contributed by atoms with Crippen molar-refractivity contribution in [1.82, 2.24) is 4.90 Å². The third-order valence-electron chi connectivity index (χ3n) is 5.62. The van der Waals surface area contributed by atoms with Crippen molar-refractivity contribution in [3.8, 4) is 11.5 Å². The van der Waals surface area contributed by atoms with Crippen molar-refractivity contribution in [2.45, 2.75) is 26.4 Å². The lowest BCUT2D eigenvalue weighted by molar-refractivity contribution is -0.122. The second-order valence-electron chi connectivity index (χ2n) is 8.23. The van der Waals surface area contributed by atoms with Gasteiger partial charge in [0.15, 0.2) is 11.5 Å². The number of thioether (sulfide) groups is 1. The number of halogens is 1. The summed E-state index contributed by atoms with van der Waals surface area (Å²) in [5.74, 6) is 0.863. The summed E-state index contributed by atoms with van der Waals surface area (Å²) in [6.45, 7) is 2.84. The highest BCUT2D eigenvalue weighted by Gasteiger charge is 2.34. The molecular weight excluding hydrogens is 526 g/mol. The smallest absolute Gasteiger partial charge is 0.293 e.